The third kappa shape index (κ3) is 6.55. The molecule has 2 rings (SSSR count). The Morgan fingerprint density at radius 3 is 2.12 bits per heavy atom. The molecule has 6 heteroatoms. The van der Waals surface area contributed by atoms with Crippen LogP contribution in [0.2, 0.25) is 0 Å². The van der Waals surface area contributed by atoms with Crippen LogP contribution in [0, 0.1) is 0 Å². The van der Waals surface area contributed by atoms with Crippen molar-refractivity contribution in [1.29, 1.82) is 0 Å². The summed E-state index contributed by atoms with van der Waals surface area (Å²) in [7, 11) is 1.63. The van der Waals surface area contributed by atoms with E-state index in [1.54, 1.807) is 31.4 Å². The molecule has 0 aromatic heterocycles. The molecule has 0 aliphatic heterocycles. The molecule has 0 heterocycles. The molecule has 0 saturated heterocycles. The maximum atomic E-state index is 11.2. The van der Waals surface area contributed by atoms with Crippen molar-refractivity contribution in [2.75, 3.05) is 13.7 Å². The van der Waals surface area contributed by atoms with Crippen LogP contribution in [-0.2, 0) is 27.4 Å². The van der Waals surface area contributed by atoms with Gasteiger partial charge >= 0.3 is 11.9 Å². The molecular formula is C19H20O6. The van der Waals surface area contributed by atoms with Crippen LogP contribution in [0.25, 0.3) is 0 Å². The summed E-state index contributed by atoms with van der Waals surface area (Å²) in [6, 6.07) is 14.9. The SMILES string of the molecule is COc1ccc(CCOc2ccc(COC(=O)CC(=O)O)cc2)cc1. The van der Waals surface area contributed by atoms with Crippen LogP contribution in [-0.4, -0.2) is 30.8 Å². The zero-order valence-electron chi connectivity index (χ0n) is 13.9. The Hall–Kier alpha value is -3.02. The number of methoxy groups -OCH3 is 1. The quantitative estimate of drug-likeness (QED) is 0.556. The van der Waals surface area contributed by atoms with Crippen LogP contribution in [0.4, 0.5) is 0 Å². The zero-order chi connectivity index (χ0) is 18.1. The predicted octanol–water partition coefficient (Wildman–Crippen LogP) is 2.83. The van der Waals surface area contributed by atoms with E-state index in [9.17, 15) is 9.59 Å². The fourth-order valence-corrected chi connectivity index (χ4v) is 2.10. The van der Waals surface area contributed by atoms with Gasteiger partial charge in [0.15, 0.2) is 0 Å². The summed E-state index contributed by atoms with van der Waals surface area (Å²) in [4.78, 5) is 21.6. The second-order valence-electron chi connectivity index (χ2n) is 5.32. The Bertz CT molecular complexity index is 691. The number of hydrogen-bond donors (Lipinski definition) is 1. The Morgan fingerprint density at radius 1 is 0.920 bits per heavy atom. The Kier molecular flexibility index (Phi) is 6.83. The first-order valence-electron chi connectivity index (χ1n) is 7.79. The number of ether oxygens (including phenoxy) is 3. The molecule has 132 valence electrons. The van der Waals surface area contributed by atoms with Gasteiger partial charge in [0.1, 0.15) is 24.5 Å². The van der Waals surface area contributed by atoms with E-state index in [2.05, 4.69) is 0 Å². The molecule has 0 fully saturated rings. The number of carboxylic acids is 1. The first-order chi connectivity index (χ1) is 12.1. The fourth-order valence-electron chi connectivity index (χ4n) is 2.10. The van der Waals surface area contributed by atoms with E-state index >= 15 is 0 Å². The number of aliphatic carboxylic acids is 1. The highest BCUT2D eigenvalue weighted by Gasteiger charge is 2.08. The maximum absolute atomic E-state index is 11.2. The van der Waals surface area contributed by atoms with Crippen LogP contribution in [0.15, 0.2) is 48.5 Å². The molecule has 0 bridgehead atoms. The molecule has 0 radical (unpaired) electrons. The van der Waals surface area contributed by atoms with Gasteiger partial charge in [0, 0.05) is 6.42 Å². The van der Waals surface area contributed by atoms with Crippen molar-refractivity contribution in [1.82, 2.24) is 0 Å². The summed E-state index contributed by atoms with van der Waals surface area (Å²) in [6.07, 6.45) is 0.144. The predicted molar refractivity (Wildman–Crippen MR) is 90.7 cm³/mol. The number of benzene rings is 2. The molecule has 0 amide bonds. The zero-order valence-corrected chi connectivity index (χ0v) is 13.9. The van der Waals surface area contributed by atoms with Gasteiger partial charge in [0.2, 0.25) is 0 Å². The molecule has 0 spiro atoms. The van der Waals surface area contributed by atoms with Crippen LogP contribution in [0.1, 0.15) is 17.5 Å². The number of carbonyl (C=O) groups excluding carboxylic acids is 1. The Labute approximate surface area is 146 Å². The van der Waals surface area contributed by atoms with Crippen LogP contribution in [0.5, 0.6) is 11.5 Å². The van der Waals surface area contributed by atoms with Crippen LogP contribution in [0.3, 0.4) is 0 Å². The maximum Gasteiger partial charge on any atom is 0.317 e. The number of esters is 1. The monoisotopic (exact) mass is 344 g/mol. The molecule has 0 aliphatic rings. The summed E-state index contributed by atoms with van der Waals surface area (Å²) in [6.45, 7) is 0.581. The molecular weight excluding hydrogens is 324 g/mol. The normalized spacial score (nSPS) is 10.1. The van der Waals surface area contributed by atoms with Gasteiger partial charge in [-0.2, -0.15) is 0 Å². The van der Waals surface area contributed by atoms with Gasteiger partial charge in [-0.05, 0) is 35.4 Å². The minimum atomic E-state index is -1.20. The lowest BCUT2D eigenvalue weighted by atomic mass is 10.1. The van der Waals surface area contributed by atoms with Gasteiger partial charge in [-0.25, -0.2) is 0 Å². The second kappa shape index (κ2) is 9.32. The standard InChI is InChI=1S/C19H20O6/c1-23-16-6-2-14(3-7-16)10-11-24-17-8-4-15(5-9-17)13-25-19(22)12-18(20)21/h2-9H,10-13H2,1H3,(H,20,21). The molecule has 0 atom stereocenters. The van der Waals surface area contributed by atoms with Crippen molar-refractivity contribution < 1.29 is 28.9 Å². The molecule has 0 saturated carbocycles. The first-order valence-corrected chi connectivity index (χ1v) is 7.79. The highest BCUT2D eigenvalue weighted by atomic mass is 16.5. The lowest BCUT2D eigenvalue weighted by Gasteiger charge is -2.08. The molecule has 0 unspecified atom stereocenters. The van der Waals surface area contributed by atoms with Crippen LogP contribution < -0.4 is 9.47 Å². The summed E-state index contributed by atoms with van der Waals surface area (Å²) in [5, 5.41) is 8.48. The van der Waals surface area contributed by atoms with Crippen molar-refractivity contribution >= 4 is 11.9 Å². The van der Waals surface area contributed by atoms with Gasteiger partial charge < -0.3 is 19.3 Å². The van der Waals surface area contributed by atoms with Crippen molar-refractivity contribution in [2.45, 2.75) is 19.4 Å². The second-order valence-corrected chi connectivity index (χ2v) is 5.32. The van der Waals surface area contributed by atoms with Crippen molar-refractivity contribution in [2.24, 2.45) is 0 Å². The van der Waals surface area contributed by atoms with Crippen LogP contribution >= 0.6 is 0 Å². The minimum absolute atomic E-state index is 0.0399. The Morgan fingerprint density at radius 2 is 1.52 bits per heavy atom. The lowest BCUT2D eigenvalue weighted by molar-refractivity contribution is -0.152. The van der Waals surface area contributed by atoms with Gasteiger partial charge in [0.05, 0.1) is 13.7 Å². The molecule has 2 aromatic rings. The van der Waals surface area contributed by atoms with Gasteiger partial charge in [-0.3, -0.25) is 9.59 Å². The van der Waals surface area contributed by atoms with E-state index in [1.165, 1.54) is 0 Å². The molecule has 0 aliphatic carbocycles. The molecule has 25 heavy (non-hydrogen) atoms. The summed E-state index contributed by atoms with van der Waals surface area (Å²) in [5.74, 6) is -0.420. The van der Waals surface area contributed by atoms with Gasteiger partial charge in [-0.1, -0.05) is 24.3 Å². The van der Waals surface area contributed by atoms with E-state index in [-0.39, 0.29) is 6.61 Å². The average Bonchev–Trinajstić information content (AvgIpc) is 2.61. The number of carboxylic acid groups (broad SMARTS) is 1. The lowest BCUT2D eigenvalue weighted by Crippen LogP contribution is -2.10. The van der Waals surface area contributed by atoms with E-state index in [4.69, 9.17) is 19.3 Å². The number of carbonyl (C=O) groups is 2. The summed E-state index contributed by atoms with van der Waals surface area (Å²) < 4.78 is 15.7. The largest absolute Gasteiger partial charge is 0.497 e. The van der Waals surface area contributed by atoms with Crippen molar-refractivity contribution in [3.8, 4) is 11.5 Å². The topological polar surface area (TPSA) is 82.1 Å². The van der Waals surface area contributed by atoms with Gasteiger partial charge in [0.25, 0.3) is 0 Å². The Balaban J connectivity index is 1.74. The number of hydrogen-bond acceptors (Lipinski definition) is 5. The average molecular weight is 344 g/mol. The highest BCUT2D eigenvalue weighted by Crippen LogP contribution is 2.15. The van der Waals surface area contributed by atoms with Gasteiger partial charge in [-0.15, -0.1) is 0 Å². The fraction of sp³-hybridized carbons (Fsp3) is 0.263. The highest BCUT2D eigenvalue weighted by molar-refractivity contribution is 5.90. The molecule has 2 aromatic carbocycles. The summed E-state index contributed by atoms with van der Waals surface area (Å²) in [5.41, 5.74) is 1.92. The van der Waals surface area contributed by atoms with E-state index in [1.807, 2.05) is 24.3 Å². The smallest absolute Gasteiger partial charge is 0.317 e. The summed E-state index contributed by atoms with van der Waals surface area (Å²) >= 11 is 0. The molecule has 6 nitrogen and oxygen atoms in total. The molecule has 1 N–H and O–H groups in total. The van der Waals surface area contributed by atoms with Crippen molar-refractivity contribution in [3.05, 3.63) is 59.7 Å². The van der Waals surface area contributed by atoms with E-state index < -0.39 is 18.4 Å². The van der Waals surface area contributed by atoms with E-state index in [0.29, 0.717) is 12.4 Å². The minimum Gasteiger partial charge on any atom is -0.497 e. The first kappa shape index (κ1) is 18.3. The number of rotatable bonds is 9. The van der Waals surface area contributed by atoms with Crippen molar-refractivity contribution in [3.63, 3.8) is 0 Å². The third-order valence-electron chi connectivity index (χ3n) is 3.44. The van der Waals surface area contributed by atoms with E-state index in [0.717, 1.165) is 23.3 Å². The third-order valence-corrected chi connectivity index (χ3v) is 3.44.